The number of rotatable bonds is 1. The Kier molecular flexibility index (Phi) is 5.42. The number of benzene rings is 1. The molecule has 1 rings (SSSR count). The van der Waals surface area contributed by atoms with Crippen LogP contribution in [0, 0.1) is 15.0 Å². The molecule has 0 amide bonds. The predicted molar refractivity (Wildman–Crippen MR) is 76.2 cm³/mol. The Balaban J connectivity index is 3.07. The maximum atomic E-state index is 8.50. The SMILES string of the molecule is CSC(=Nc1cccc(I)c1Br)NC#N. The van der Waals surface area contributed by atoms with Crippen molar-refractivity contribution in [3.05, 3.63) is 26.2 Å². The molecule has 0 radical (unpaired) electrons. The molecule has 1 aromatic rings. The van der Waals surface area contributed by atoms with Gasteiger partial charge < -0.3 is 0 Å². The average molecular weight is 396 g/mol. The molecule has 0 atom stereocenters. The second-order valence-corrected chi connectivity index (χ2v) is 5.18. The van der Waals surface area contributed by atoms with Gasteiger partial charge in [0.1, 0.15) is 0 Å². The first-order chi connectivity index (χ1) is 7.19. The van der Waals surface area contributed by atoms with Gasteiger partial charge in [-0.05, 0) is 56.9 Å². The molecular weight excluding hydrogens is 389 g/mol. The first kappa shape index (κ1) is 12.8. The summed E-state index contributed by atoms with van der Waals surface area (Å²) in [5.41, 5.74) is 0.814. The second-order valence-electron chi connectivity index (χ2n) is 2.43. The topological polar surface area (TPSA) is 48.2 Å². The lowest BCUT2D eigenvalue weighted by Gasteiger charge is -2.03. The minimum atomic E-state index is 0.584. The van der Waals surface area contributed by atoms with Crippen molar-refractivity contribution in [1.82, 2.24) is 5.32 Å². The van der Waals surface area contributed by atoms with Crippen LogP contribution in [0.1, 0.15) is 0 Å². The van der Waals surface area contributed by atoms with Crippen LogP contribution < -0.4 is 5.32 Å². The zero-order valence-corrected chi connectivity index (χ0v) is 12.4. The van der Waals surface area contributed by atoms with E-state index in [-0.39, 0.29) is 0 Å². The monoisotopic (exact) mass is 395 g/mol. The minimum Gasteiger partial charge on any atom is -0.271 e. The standard InChI is InChI=1S/C9H7BrIN3S/c1-15-9(13-5-12)14-7-4-2-3-6(11)8(7)10/h2-4H,1H3,(H,13,14). The number of nitriles is 1. The van der Waals surface area contributed by atoms with Crippen LogP contribution >= 0.6 is 50.3 Å². The zero-order valence-electron chi connectivity index (χ0n) is 7.79. The fourth-order valence-electron chi connectivity index (χ4n) is 0.861. The Bertz CT molecular complexity index is 428. The normalized spacial score (nSPS) is 10.9. The van der Waals surface area contributed by atoms with E-state index in [2.05, 4.69) is 48.8 Å². The summed E-state index contributed by atoms with van der Waals surface area (Å²) in [6.45, 7) is 0. The van der Waals surface area contributed by atoms with Crippen LogP contribution in [0.5, 0.6) is 0 Å². The van der Waals surface area contributed by atoms with E-state index in [0.29, 0.717) is 5.17 Å². The molecule has 0 aliphatic heterocycles. The molecule has 0 saturated heterocycles. The van der Waals surface area contributed by atoms with Crippen LogP contribution in [-0.4, -0.2) is 11.4 Å². The van der Waals surface area contributed by atoms with Gasteiger partial charge in [-0.25, -0.2) is 4.99 Å². The summed E-state index contributed by atoms with van der Waals surface area (Å²) in [7, 11) is 0. The third-order valence-electron chi connectivity index (χ3n) is 1.51. The van der Waals surface area contributed by atoms with Gasteiger partial charge in [0.05, 0.1) is 10.2 Å². The van der Waals surface area contributed by atoms with Crippen molar-refractivity contribution in [3.63, 3.8) is 0 Å². The lowest BCUT2D eigenvalue weighted by atomic mass is 10.3. The van der Waals surface area contributed by atoms with Crippen LogP contribution in [-0.2, 0) is 0 Å². The molecule has 0 aliphatic rings. The fourth-order valence-corrected chi connectivity index (χ4v) is 2.03. The molecule has 6 heteroatoms. The molecule has 0 saturated carbocycles. The molecule has 0 spiro atoms. The number of nitrogens with one attached hydrogen (secondary N) is 1. The first-order valence-corrected chi connectivity index (χ1v) is 7.00. The van der Waals surface area contributed by atoms with Gasteiger partial charge in [0.2, 0.25) is 0 Å². The molecule has 0 fully saturated rings. The van der Waals surface area contributed by atoms with Crippen molar-refractivity contribution in [2.45, 2.75) is 0 Å². The molecule has 0 heterocycles. The fraction of sp³-hybridized carbons (Fsp3) is 0.111. The Morgan fingerprint density at radius 1 is 1.67 bits per heavy atom. The molecule has 0 aliphatic carbocycles. The van der Waals surface area contributed by atoms with Crippen LogP contribution in [0.25, 0.3) is 0 Å². The van der Waals surface area contributed by atoms with E-state index < -0.39 is 0 Å². The predicted octanol–water partition coefficient (Wildman–Crippen LogP) is 3.47. The highest BCUT2D eigenvalue weighted by atomic mass is 127. The molecule has 78 valence electrons. The van der Waals surface area contributed by atoms with Gasteiger partial charge in [0.15, 0.2) is 11.4 Å². The van der Waals surface area contributed by atoms with Crippen molar-refractivity contribution in [2.75, 3.05) is 6.26 Å². The average Bonchev–Trinajstić information content (AvgIpc) is 2.24. The highest BCUT2D eigenvalue weighted by molar-refractivity contribution is 14.1. The van der Waals surface area contributed by atoms with Gasteiger partial charge in [-0.2, -0.15) is 5.26 Å². The van der Waals surface area contributed by atoms with Gasteiger partial charge in [-0.1, -0.05) is 17.8 Å². The molecule has 0 aromatic heterocycles. The van der Waals surface area contributed by atoms with Crippen molar-refractivity contribution in [2.24, 2.45) is 4.99 Å². The number of aliphatic imine (C=N–C) groups is 1. The summed E-state index contributed by atoms with van der Waals surface area (Å²) in [6.07, 6.45) is 3.72. The van der Waals surface area contributed by atoms with Gasteiger partial charge in [-0.3, -0.25) is 5.32 Å². The molecule has 0 bridgehead atoms. The Morgan fingerprint density at radius 3 is 3.00 bits per heavy atom. The number of amidine groups is 1. The summed E-state index contributed by atoms with van der Waals surface area (Å²) >= 11 is 7.07. The minimum absolute atomic E-state index is 0.584. The van der Waals surface area contributed by atoms with Gasteiger partial charge in [0, 0.05) is 3.57 Å². The summed E-state index contributed by atoms with van der Waals surface area (Å²) in [5.74, 6) is 0. The van der Waals surface area contributed by atoms with Crippen molar-refractivity contribution in [1.29, 1.82) is 5.26 Å². The van der Waals surface area contributed by atoms with Crippen LogP contribution in [0.15, 0.2) is 27.7 Å². The highest BCUT2D eigenvalue weighted by Gasteiger charge is 2.03. The van der Waals surface area contributed by atoms with Crippen LogP contribution in [0.3, 0.4) is 0 Å². The van der Waals surface area contributed by atoms with E-state index in [1.54, 1.807) is 0 Å². The van der Waals surface area contributed by atoms with E-state index in [0.717, 1.165) is 13.7 Å². The molecular formula is C9H7BrIN3S. The smallest absolute Gasteiger partial charge is 0.183 e. The van der Waals surface area contributed by atoms with Crippen LogP contribution in [0.4, 0.5) is 5.69 Å². The largest absolute Gasteiger partial charge is 0.271 e. The number of thioether (sulfide) groups is 1. The van der Waals surface area contributed by atoms with E-state index in [4.69, 9.17) is 5.26 Å². The Morgan fingerprint density at radius 2 is 2.40 bits per heavy atom. The van der Waals surface area contributed by atoms with E-state index in [1.165, 1.54) is 11.8 Å². The van der Waals surface area contributed by atoms with Crippen molar-refractivity contribution in [3.8, 4) is 6.19 Å². The van der Waals surface area contributed by atoms with E-state index >= 15 is 0 Å². The van der Waals surface area contributed by atoms with Gasteiger partial charge >= 0.3 is 0 Å². The summed E-state index contributed by atoms with van der Waals surface area (Å²) in [4.78, 5) is 4.32. The third-order valence-corrected chi connectivity index (χ3v) is 4.56. The number of halogens is 2. The quantitative estimate of drug-likeness (QED) is 0.260. The lowest BCUT2D eigenvalue weighted by molar-refractivity contribution is 1.27. The maximum absolute atomic E-state index is 8.50. The van der Waals surface area contributed by atoms with E-state index in [9.17, 15) is 0 Å². The summed E-state index contributed by atoms with van der Waals surface area (Å²) in [5, 5.41) is 11.6. The molecule has 0 unspecified atom stereocenters. The van der Waals surface area contributed by atoms with Crippen molar-refractivity contribution < 1.29 is 0 Å². The number of nitrogens with zero attached hydrogens (tertiary/aromatic N) is 2. The third kappa shape index (κ3) is 3.66. The van der Waals surface area contributed by atoms with Crippen molar-refractivity contribution >= 4 is 61.1 Å². The number of hydrogen-bond acceptors (Lipinski definition) is 3. The second kappa shape index (κ2) is 6.35. The summed E-state index contributed by atoms with van der Waals surface area (Å²) in [6, 6.07) is 5.80. The van der Waals surface area contributed by atoms with Gasteiger partial charge in [0.25, 0.3) is 0 Å². The van der Waals surface area contributed by atoms with Crippen LogP contribution in [0.2, 0.25) is 0 Å². The van der Waals surface area contributed by atoms with Gasteiger partial charge in [-0.15, -0.1) is 0 Å². The first-order valence-electron chi connectivity index (χ1n) is 3.91. The molecule has 1 N–H and O–H groups in total. The maximum Gasteiger partial charge on any atom is 0.183 e. The molecule has 15 heavy (non-hydrogen) atoms. The Labute approximate surface area is 115 Å². The highest BCUT2D eigenvalue weighted by Crippen LogP contribution is 2.30. The van der Waals surface area contributed by atoms with E-state index in [1.807, 2.05) is 30.6 Å². The lowest BCUT2D eigenvalue weighted by Crippen LogP contribution is -2.12. The zero-order chi connectivity index (χ0) is 11.3. The number of hydrogen-bond donors (Lipinski definition) is 1. The molecule has 3 nitrogen and oxygen atoms in total. The Hall–Kier alpha value is -0.260. The summed E-state index contributed by atoms with van der Waals surface area (Å²) < 4.78 is 2.03. The molecule has 1 aromatic carbocycles.